The van der Waals surface area contributed by atoms with Crippen LogP contribution >= 0.6 is 47.8 Å². The van der Waals surface area contributed by atoms with Crippen LogP contribution < -0.4 is 10.1 Å². The van der Waals surface area contributed by atoms with E-state index in [0.717, 1.165) is 19.2 Å². The molecule has 0 aliphatic heterocycles. The molecule has 0 fully saturated rings. The summed E-state index contributed by atoms with van der Waals surface area (Å²) in [5, 5.41) is 3.26. The number of hydrogen-bond acceptors (Lipinski definition) is 2. The molecule has 17 heavy (non-hydrogen) atoms. The monoisotopic (exact) mass is 427 g/mol. The molecule has 1 aromatic rings. The van der Waals surface area contributed by atoms with E-state index in [-0.39, 0.29) is 0 Å². The molecule has 1 rings (SSSR count). The van der Waals surface area contributed by atoms with E-state index in [1.807, 2.05) is 19.2 Å². The van der Waals surface area contributed by atoms with Crippen molar-refractivity contribution in [3.63, 3.8) is 0 Å². The number of hydrogen-bond donors (Lipinski definition) is 1. The Bertz CT molecular complexity index is 359. The van der Waals surface area contributed by atoms with Gasteiger partial charge in [0.1, 0.15) is 12.4 Å². The molecule has 0 aromatic heterocycles. The summed E-state index contributed by atoms with van der Waals surface area (Å²) in [4.78, 5) is 0. The van der Waals surface area contributed by atoms with Crippen LogP contribution in [0.1, 0.15) is 13.8 Å². The van der Waals surface area contributed by atoms with Crippen LogP contribution in [-0.2, 0) is 0 Å². The molecular formula is C12H16Br3NO. The summed E-state index contributed by atoms with van der Waals surface area (Å²) in [5.41, 5.74) is 0. The first-order chi connectivity index (χ1) is 7.95. The van der Waals surface area contributed by atoms with Crippen LogP contribution in [-0.4, -0.2) is 19.7 Å². The van der Waals surface area contributed by atoms with Crippen LogP contribution in [0, 0.1) is 5.92 Å². The second-order valence-electron chi connectivity index (χ2n) is 4.15. The summed E-state index contributed by atoms with van der Waals surface area (Å²) in [6, 6.07) is 4.30. The van der Waals surface area contributed by atoms with Gasteiger partial charge in [-0.05, 0) is 57.0 Å². The van der Waals surface area contributed by atoms with Gasteiger partial charge in [-0.15, -0.1) is 0 Å². The number of nitrogens with one attached hydrogen (secondary N) is 1. The minimum absolute atomic E-state index is 0.345. The average molecular weight is 430 g/mol. The summed E-state index contributed by atoms with van der Waals surface area (Å²) < 4.78 is 8.76. The molecule has 0 aliphatic rings. The lowest BCUT2D eigenvalue weighted by atomic mass is 10.1. The van der Waals surface area contributed by atoms with Gasteiger partial charge in [-0.1, -0.05) is 29.8 Å². The fourth-order valence-electron chi connectivity index (χ4n) is 1.45. The minimum atomic E-state index is 0.345. The van der Waals surface area contributed by atoms with E-state index in [1.165, 1.54) is 0 Å². The van der Waals surface area contributed by atoms with E-state index < -0.39 is 0 Å². The summed E-state index contributed by atoms with van der Waals surface area (Å²) >= 11 is 10.4. The van der Waals surface area contributed by atoms with Gasteiger partial charge in [-0.3, -0.25) is 0 Å². The van der Waals surface area contributed by atoms with Crippen molar-refractivity contribution in [2.24, 2.45) is 5.92 Å². The average Bonchev–Trinajstić information content (AvgIpc) is 2.21. The number of rotatable bonds is 5. The fraction of sp³-hybridized carbons (Fsp3) is 0.500. The van der Waals surface area contributed by atoms with E-state index in [0.29, 0.717) is 18.6 Å². The molecule has 2 nitrogen and oxygen atoms in total. The lowest BCUT2D eigenvalue weighted by Gasteiger charge is -2.21. The maximum atomic E-state index is 5.86. The van der Waals surface area contributed by atoms with Crippen molar-refractivity contribution in [3.8, 4) is 5.75 Å². The van der Waals surface area contributed by atoms with Gasteiger partial charge >= 0.3 is 0 Å². The molecule has 0 heterocycles. The molecule has 0 aliphatic carbocycles. The first kappa shape index (κ1) is 15.5. The normalized spacial score (nSPS) is 12.9. The molecule has 1 atom stereocenters. The van der Waals surface area contributed by atoms with Crippen LogP contribution in [0.15, 0.2) is 25.6 Å². The highest BCUT2D eigenvalue weighted by molar-refractivity contribution is 9.11. The third-order valence-corrected chi connectivity index (χ3v) is 4.18. The Labute approximate surface area is 128 Å². The zero-order valence-corrected chi connectivity index (χ0v) is 14.8. The van der Waals surface area contributed by atoms with E-state index in [2.05, 4.69) is 67.0 Å². The first-order valence-electron chi connectivity index (χ1n) is 5.40. The molecule has 5 heteroatoms. The third-order valence-electron chi connectivity index (χ3n) is 2.55. The van der Waals surface area contributed by atoms with Crippen LogP contribution in [0.4, 0.5) is 0 Å². The Morgan fingerprint density at radius 2 is 1.71 bits per heavy atom. The lowest BCUT2D eigenvalue weighted by Crippen LogP contribution is -2.36. The lowest BCUT2D eigenvalue weighted by molar-refractivity contribution is 0.235. The fourth-order valence-corrected chi connectivity index (χ4v) is 3.94. The molecule has 1 N–H and O–H groups in total. The molecule has 96 valence electrons. The molecule has 0 amide bonds. The quantitative estimate of drug-likeness (QED) is 0.738. The van der Waals surface area contributed by atoms with E-state index >= 15 is 0 Å². The first-order valence-corrected chi connectivity index (χ1v) is 7.78. The van der Waals surface area contributed by atoms with Gasteiger partial charge in [-0.25, -0.2) is 0 Å². The van der Waals surface area contributed by atoms with Crippen LogP contribution in [0.2, 0.25) is 0 Å². The van der Waals surface area contributed by atoms with Gasteiger partial charge in [0.2, 0.25) is 0 Å². The maximum absolute atomic E-state index is 5.86. The van der Waals surface area contributed by atoms with E-state index in [4.69, 9.17) is 4.74 Å². The molecule has 1 unspecified atom stereocenters. The van der Waals surface area contributed by atoms with E-state index in [1.54, 1.807) is 0 Å². The van der Waals surface area contributed by atoms with Gasteiger partial charge in [0.15, 0.2) is 0 Å². The highest BCUT2D eigenvalue weighted by atomic mass is 79.9. The standard InChI is InChI=1S/C12H16Br3NO/c1-7(2)11(16-3)6-17-12-9(14)4-8(13)5-10(12)15/h4-5,7,11,16H,6H2,1-3H3. The number of ether oxygens (including phenoxy) is 1. The predicted octanol–water partition coefficient (Wildman–Crippen LogP) is 4.60. The number of benzene rings is 1. The Balaban J connectivity index is 2.75. The van der Waals surface area contributed by atoms with Crippen LogP contribution in [0.3, 0.4) is 0 Å². The molecule has 0 bridgehead atoms. The second-order valence-corrected chi connectivity index (χ2v) is 6.77. The Kier molecular flexibility index (Phi) is 6.48. The zero-order chi connectivity index (χ0) is 13.0. The number of likely N-dealkylation sites (N-methyl/N-ethyl adjacent to an activating group) is 1. The van der Waals surface area contributed by atoms with Crippen molar-refractivity contribution in [1.82, 2.24) is 5.32 Å². The summed E-state index contributed by atoms with van der Waals surface area (Å²) in [6.45, 7) is 5.00. The predicted molar refractivity (Wildman–Crippen MR) is 82.7 cm³/mol. The molecular weight excluding hydrogens is 414 g/mol. The van der Waals surface area contributed by atoms with E-state index in [9.17, 15) is 0 Å². The Hall–Kier alpha value is 0.420. The molecule has 0 spiro atoms. The molecule has 1 aromatic carbocycles. The molecule has 0 saturated heterocycles. The van der Waals surface area contributed by atoms with Gasteiger partial charge < -0.3 is 10.1 Å². The summed E-state index contributed by atoms with van der Waals surface area (Å²) in [6.07, 6.45) is 0. The third kappa shape index (κ3) is 4.54. The Morgan fingerprint density at radius 1 is 1.18 bits per heavy atom. The van der Waals surface area contributed by atoms with Crippen molar-refractivity contribution in [2.75, 3.05) is 13.7 Å². The highest BCUT2D eigenvalue weighted by Gasteiger charge is 2.14. The second kappa shape index (κ2) is 7.12. The summed E-state index contributed by atoms with van der Waals surface area (Å²) in [7, 11) is 1.96. The van der Waals surface area contributed by atoms with Gasteiger partial charge in [0.25, 0.3) is 0 Å². The highest BCUT2D eigenvalue weighted by Crippen LogP contribution is 2.36. The van der Waals surface area contributed by atoms with Crippen molar-refractivity contribution in [3.05, 3.63) is 25.6 Å². The molecule has 0 saturated carbocycles. The van der Waals surface area contributed by atoms with Gasteiger partial charge in [0.05, 0.1) is 8.95 Å². The number of halogens is 3. The zero-order valence-electron chi connectivity index (χ0n) is 10.1. The minimum Gasteiger partial charge on any atom is -0.490 e. The Morgan fingerprint density at radius 3 is 2.12 bits per heavy atom. The topological polar surface area (TPSA) is 21.3 Å². The van der Waals surface area contributed by atoms with Crippen molar-refractivity contribution < 1.29 is 4.74 Å². The van der Waals surface area contributed by atoms with Crippen LogP contribution in [0.5, 0.6) is 5.75 Å². The van der Waals surface area contributed by atoms with Crippen molar-refractivity contribution in [2.45, 2.75) is 19.9 Å². The van der Waals surface area contributed by atoms with Gasteiger partial charge in [0, 0.05) is 10.5 Å². The van der Waals surface area contributed by atoms with Crippen LogP contribution in [0.25, 0.3) is 0 Å². The largest absolute Gasteiger partial charge is 0.490 e. The van der Waals surface area contributed by atoms with Crippen molar-refractivity contribution >= 4 is 47.8 Å². The SMILES string of the molecule is CNC(COc1c(Br)cc(Br)cc1Br)C(C)C. The maximum Gasteiger partial charge on any atom is 0.147 e. The smallest absolute Gasteiger partial charge is 0.147 e. The summed E-state index contributed by atoms with van der Waals surface area (Å²) in [5.74, 6) is 1.38. The molecule has 0 radical (unpaired) electrons. The van der Waals surface area contributed by atoms with Gasteiger partial charge in [-0.2, -0.15) is 0 Å². The van der Waals surface area contributed by atoms with Crippen molar-refractivity contribution in [1.29, 1.82) is 0 Å².